The van der Waals surface area contributed by atoms with Crippen LogP contribution in [0.3, 0.4) is 0 Å². The molecule has 0 aliphatic rings. The third-order valence-electron chi connectivity index (χ3n) is 4.63. The number of carboxylic acid groups (broad SMARTS) is 1. The highest BCUT2D eigenvalue weighted by Crippen LogP contribution is 2.21. The van der Waals surface area contributed by atoms with Gasteiger partial charge in [0, 0.05) is 12.3 Å². The van der Waals surface area contributed by atoms with Gasteiger partial charge in [-0.3, -0.25) is 14.4 Å². The first-order valence-electron chi connectivity index (χ1n) is 9.81. The maximum Gasteiger partial charge on any atom is 0.305 e. The quantitative estimate of drug-likeness (QED) is 0.530. The number of nitrogens with one attached hydrogen (secondary N) is 2. The molecule has 10 heteroatoms. The van der Waals surface area contributed by atoms with Gasteiger partial charge in [0.2, 0.25) is 11.8 Å². The second-order valence-corrected chi connectivity index (χ2v) is 7.90. The first-order valence-corrected chi connectivity index (χ1v) is 9.81. The molecule has 1 aromatic carbocycles. The third-order valence-corrected chi connectivity index (χ3v) is 4.63. The number of carboxylic acids is 1. The summed E-state index contributed by atoms with van der Waals surface area (Å²) in [5, 5.41) is 14.2. The molecule has 2 aromatic rings. The summed E-state index contributed by atoms with van der Waals surface area (Å²) in [6.07, 6.45) is 3.48. The van der Waals surface area contributed by atoms with E-state index in [-0.39, 0.29) is 24.2 Å². The Bertz CT molecular complexity index is 938. The second-order valence-electron chi connectivity index (χ2n) is 7.90. The van der Waals surface area contributed by atoms with Crippen LogP contribution < -0.4 is 10.6 Å². The molecule has 2 amide bonds. The van der Waals surface area contributed by atoms with Crippen molar-refractivity contribution in [1.82, 2.24) is 14.9 Å². The van der Waals surface area contributed by atoms with Gasteiger partial charge in [0.25, 0.3) is 0 Å². The van der Waals surface area contributed by atoms with Crippen LogP contribution in [0.1, 0.15) is 45.6 Å². The van der Waals surface area contributed by atoms with E-state index in [9.17, 15) is 23.2 Å². The van der Waals surface area contributed by atoms with Gasteiger partial charge in [-0.05, 0) is 38.0 Å². The summed E-state index contributed by atoms with van der Waals surface area (Å²) in [4.78, 5) is 40.1. The molecule has 0 aliphatic heterocycles. The van der Waals surface area contributed by atoms with Crippen LogP contribution in [0.5, 0.6) is 0 Å². The fourth-order valence-electron chi connectivity index (χ4n) is 3.09. The third kappa shape index (κ3) is 7.16. The van der Waals surface area contributed by atoms with Crippen molar-refractivity contribution in [2.45, 2.75) is 58.0 Å². The zero-order chi connectivity index (χ0) is 23.2. The number of benzene rings is 1. The Morgan fingerprint density at radius 3 is 2.42 bits per heavy atom. The Balaban J connectivity index is 2.03. The van der Waals surface area contributed by atoms with Gasteiger partial charge in [-0.1, -0.05) is 13.3 Å². The molecule has 0 saturated heterocycles. The predicted octanol–water partition coefficient (Wildman–Crippen LogP) is 2.84. The number of hydrogen-bond acceptors (Lipinski definition) is 4. The minimum atomic E-state index is -0.965. The summed E-state index contributed by atoms with van der Waals surface area (Å²) >= 11 is 0. The van der Waals surface area contributed by atoms with Crippen LogP contribution in [-0.4, -0.2) is 38.5 Å². The molecule has 1 aromatic heterocycles. The predicted molar refractivity (Wildman–Crippen MR) is 109 cm³/mol. The molecule has 0 saturated carbocycles. The Kier molecular flexibility index (Phi) is 7.84. The molecule has 0 aliphatic carbocycles. The highest BCUT2D eigenvalue weighted by Gasteiger charge is 2.25. The number of hydrogen-bond donors (Lipinski definition) is 3. The van der Waals surface area contributed by atoms with E-state index in [2.05, 4.69) is 15.6 Å². The molecule has 1 heterocycles. The number of aromatic nitrogens is 2. The lowest BCUT2D eigenvalue weighted by atomic mass is 10.0. The Hall–Kier alpha value is -3.30. The first-order chi connectivity index (χ1) is 14.5. The smallest absolute Gasteiger partial charge is 0.305 e. The van der Waals surface area contributed by atoms with Crippen LogP contribution in [0.25, 0.3) is 0 Å². The second kappa shape index (κ2) is 10.1. The van der Waals surface area contributed by atoms with E-state index < -0.39 is 41.0 Å². The van der Waals surface area contributed by atoms with E-state index in [1.54, 1.807) is 18.4 Å². The lowest BCUT2D eigenvalue weighted by molar-refractivity contribution is -0.139. The number of carbonyl (C=O) groups is 3. The normalized spacial score (nSPS) is 12.3. The number of halogens is 2. The van der Waals surface area contributed by atoms with Crippen LogP contribution in [0, 0.1) is 11.6 Å². The Morgan fingerprint density at radius 1 is 1.19 bits per heavy atom. The van der Waals surface area contributed by atoms with Crippen molar-refractivity contribution in [2.24, 2.45) is 0 Å². The van der Waals surface area contributed by atoms with Crippen LogP contribution >= 0.6 is 0 Å². The average Bonchev–Trinajstić information content (AvgIpc) is 3.08. The van der Waals surface area contributed by atoms with Crippen molar-refractivity contribution in [3.05, 3.63) is 47.9 Å². The molecule has 3 N–H and O–H groups in total. The largest absolute Gasteiger partial charge is 0.481 e. The average molecular weight is 436 g/mol. The SMILES string of the molecule is CCCC(NC(=O)Cc1cc(F)cc(F)c1)C(=O)Nc1cn(C(C)(C)CC(=O)O)cn1. The highest BCUT2D eigenvalue weighted by molar-refractivity contribution is 5.96. The molecule has 0 fully saturated rings. The van der Waals surface area contributed by atoms with Crippen molar-refractivity contribution in [3.8, 4) is 0 Å². The standard InChI is InChI=1S/C21H26F2N4O4/c1-4-5-16(25-18(28)8-13-6-14(22)9-15(23)7-13)20(31)26-17-11-27(12-24-17)21(2,3)10-19(29)30/h6-7,9,11-12,16H,4-5,8,10H2,1-3H3,(H,25,28)(H,26,31)(H,29,30). The number of imidazole rings is 1. The van der Waals surface area contributed by atoms with Gasteiger partial charge in [0.15, 0.2) is 5.82 Å². The van der Waals surface area contributed by atoms with Crippen molar-refractivity contribution in [2.75, 3.05) is 5.32 Å². The molecule has 0 bridgehead atoms. The van der Waals surface area contributed by atoms with E-state index in [1.807, 2.05) is 6.92 Å². The molecule has 8 nitrogen and oxygen atoms in total. The zero-order valence-corrected chi connectivity index (χ0v) is 17.6. The molecule has 2 rings (SSSR count). The van der Waals surface area contributed by atoms with Crippen LogP contribution in [0.2, 0.25) is 0 Å². The van der Waals surface area contributed by atoms with Gasteiger partial charge in [0.1, 0.15) is 17.7 Å². The van der Waals surface area contributed by atoms with E-state index in [0.717, 1.165) is 12.1 Å². The lowest BCUT2D eigenvalue weighted by Gasteiger charge is -2.24. The summed E-state index contributed by atoms with van der Waals surface area (Å²) in [5.41, 5.74) is -0.593. The van der Waals surface area contributed by atoms with Gasteiger partial charge in [-0.25, -0.2) is 13.8 Å². The summed E-state index contributed by atoms with van der Waals surface area (Å²) in [6, 6.07) is 1.96. The van der Waals surface area contributed by atoms with Crippen molar-refractivity contribution >= 4 is 23.6 Å². The van der Waals surface area contributed by atoms with Gasteiger partial charge in [0.05, 0.1) is 24.7 Å². The highest BCUT2D eigenvalue weighted by atomic mass is 19.1. The Labute approximate surface area is 178 Å². The van der Waals surface area contributed by atoms with Gasteiger partial charge >= 0.3 is 5.97 Å². The maximum absolute atomic E-state index is 13.3. The van der Waals surface area contributed by atoms with Crippen LogP contribution in [0.4, 0.5) is 14.6 Å². The molecule has 168 valence electrons. The number of amides is 2. The molecular weight excluding hydrogens is 410 g/mol. The van der Waals surface area contributed by atoms with Crippen LogP contribution in [0.15, 0.2) is 30.7 Å². The summed E-state index contributed by atoms with van der Waals surface area (Å²) in [7, 11) is 0. The fraction of sp³-hybridized carbons (Fsp3) is 0.429. The molecule has 1 atom stereocenters. The lowest BCUT2D eigenvalue weighted by Crippen LogP contribution is -2.44. The first kappa shape index (κ1) is 24.0. The van der Waals surface area contributed by atoms with Gasteiger partial charge in [-0.2, -0.15) is 0 Å². The topological polar surface area (TPSA) is 113 Å². The summed E-state index contributed by atoms with van der Waals surface area (Å²) in [6.45, 7) is 5.30. The molecule has 31 heavy (non-hydrogen) atoms. The molecule has 1 unspecified atom stereocenters. The van der Waals surface area contributed by atoms with Gasteiger partial charge in [-0.15, -0.1) is 0 Å². The minimum Gasteiger partial charge on any atom is -0.481 e. The molecular formula is C21H26F2N4O4. The number of nitrogens with zero attached hydrogens (tertiary/aromatic N) is 2. The van der Waals surface area contributed by atoms with E-state index in [0.29, 0.717) is 18.9 Å². The molecule has 0 radical (unpaired) electrons. The minimum absolute atomic E-state index is 0.133. The maximum atomic E-state index is 13.3. The number of anilines is 1. The monoisotopic (exact) mass is 436 g/mol. The van der Waals surface area contributed by atoms with E-state index in [1.165, 1.54) is 12.5 Å². The number of rotatable bonds is 10. The van der Waals surface area contributed by atoms with Gasteiger partial charge < -0.3 is 20.3 Å². The zero-order valence-electron chi connectivity index (χ0n) is 17.6. The number of carbonyl (C=O) groups excluding carboxylic acids is 2. The molecule has 0 spiro atoms. The van der Waals surface area contributed by atoms with E-state index >= 15 is 0 Å². The van der Waals surface area contributed by atoms with Crippen molar-refractivity contribution < 1.29 is 28.3 Å². The van der Waals surface area contributed by atoms with Crippen molar-refractivity contribution in [1.29, 1.82) is 0 Å². The fourth-order valence-corrected chi connectivity index (χ4v) is 3.09. The van der Waals surface area contributed by atoms with E-state index in [4.69, 9.17) is 5.11 Å². The van der Waals surface area contributed by atoms with Crippen molar-refractivity contribution in [3.63, 3.8) is 0 Å². The summed E-state index contributed by atoms with van der Waals surface area (Å²) < 4.78 is 28.2. The van der Waals surface area contributed by atoms with Crippen LogP contribution in [-0.2, 0) is 26.3 Å². The summed E-state index contributed by atoms with van der Waals surface area (Å²) in [5.74, 6) is -3.37. The Morgan fingerprint density at radius 2 is 1.84 bits per heavy atom. The number of aliphatic carboxylic acids is 1.